The third-order valence-electron chi connectivity index (χ3n) is 2.94. The summed E-state index contributed by atoms with van der Waals surface area (Å²) in [4.78, 5) is 4.53. The first-order valence-electron chi connectivity index (χ1n) is 5.95. The third-order valence-corrected chi connectivity index (χ3v) is 5.69. The molecule has 2 heterocycles. The molecular weight excluding hydrogens is 254 g/mol. The molecule has 4 nitrogen and oxygen atoms in total. The summed E-state index contributed by atoms with van der Waals surface area (Å²) in [5.41, 5.74) is 5.76. The Hall–Kier alpha value is -0.200. The summed E-state index contributed by atoms with van der Waals surface area (Å²) in [6.45, 7) is 4.82. The molecule has 1 aliphatic heterocycles. The van der Waals surface area contributed by atoms with Crippen LogP contribution in [0.2, 0.25) is 0 Å². The number of nitrogens with zero attached hydrogens (tertiary/aromatic N) is 2. The normalized spacial score (nSPS) is 22.9. The van der Waals surface area contributed by atoms with Crippen molar-refractivity contribution in [3.8, 4) is 0 Å². The quantitative estimate of drug-likeness (QED) is 0.908. The molecule has 1 aliphatic rings. The van der Waals surface area contributed by atoms with Gasteiger partial charge in [0.15, 0.2) is 5.82 Å². The van der Waals surface area contributed by atoms with E-state index in [0.29, 0.717) is 23.6 Å². The Kier molecular flexibility index (Phi) is 4.76. The highest BCUT2D eigenvalue weighted by Crippen LogP contribution is 2.35. The zero-order valence-corrected chi connectivity index (χ0v) is 11.9. The number of hydrogen-bond donors (Lipinski definition) is 1. The molecule has 1 aromatic heterocycles. The van der Waals surface area contributed by atoms with E-state index in [-0.39, 0.29) is 5.92 Å². The molecule has 1 saturated heterocycles. The van der Waals surface area contributed by atoms with Crippen molar-refractivity contribution < 1.29 is 4.52 Å². The Balaban J connectivity index is 2.08. The van der Waals surface area contributed by atoms with Gasteiger partial charge in [-0.05, 0) is 5.92 Å². The number of rotatable bonds is 4. The summed E-state index contributed by atoms with van der Waals surface area (Å²) in [7, 11) is 0. The number of hydrogen-bond acceptors (Lipinski definition) is 6. The minimum atomic E-state index is 0.178. The highest BCUT2D eigenvalue weighted by Gasteiger charge is 2.25. The van der Waals surface area contributed by atoms with E-state index in [1.807, 2.05) is 23.5 Å². The van der Waals surface area contributed by atoms with Crippen LogP contribution in [0.15, 0.2) is 4.52 Å². The van der Waals surface area contributed by atoms with E-state index in [4.69, 9.17) is 10.3 Å². The zero-order valence-electron chi connectivity index (χ0n) is 10.3. The highest BCUT2D eigenvalue weighted by atomic mass is 32.2. The van der Waals surface area contributed by atoms with Crippen LogP contribution in [0.1, 0.15) is 36.7 Å². The first kappa shape index (κ1) is 13.2. The van der Waals surface area contributed by atoms with E-state index >= 15 is 0 Å². The monoisotopic (exact) mass is 273 g/mol. The average Bonchev–Trinajstić information content (AvgIpc) is 2.80. The molecule has 2 atom stereocenters. The SMILES string of the molecule is CC(C)C(CN)c1nc(C2CSCCS2)no1. The van der Waals surface area contributed by atoms with Gasteiger partial charge in [0.2, 0.25) is 5.89 Å². The molecule has 6 heteroatoms. The zero-order chi connectivity index (χ0) is 12.3. The highest BCUT2D eigenvalue weighted by molar-refractivity contribution is 8.06. The van der Waals surface area contributed by atoms with Gasteiger partial charge in [-0.15, -0.1) is 11.8 Å². The Morgan fingerprint density at radius 2 is 2.29 bits per heavy atom. The van der Waals surface area contributed by atoms with Crippen LogP contribution in [0.5, 0.6) is 0 Å². The van der Waals surface area contributed by atoms with Crippen LogP contribution in [0.4, 0.5) is 0 Å². The Bertz CT molecular complexity index is 350. The molecule has 1 fully saturated rings. The van der Waals surface area contributed by atoms with Gasteiger partial charge in [-0.1, -0.05) is 19.0 Å². The van der Waals surface area contributed by atoms with Crippen LogP contribution in [0.3, 0.4) is 0 Å². The molecule has 2 unspecified atom stereocenters. The maximum atomic E-state index is 5.76. The van der Waals surface area contributed by atoms with Crippen molar-refractivity contribution in [2.24, 2.45) is 11.7 Å². The van der Waals surface area contributed by atoms with Gasteiger partial charge in [0.1, 0.15) is 0 Å². The minimum Gasteiger partial charge on any atom is -0.339 e. The fraction of sp³-hybridized carbons (Fsp3) is 0.818. The van der Waals surface area contributed by atoms with Gasteiger partial charge in [-0.2, -0.15) is 16.7 Å². The molecule has 0 saturated carbocycles. The lowest BCUT2D eigenvalue weighted by molar-refractivity contribution is 0.321. The van der Waals surface area contributed by atoms with Crippen molar-refractivity contribution in [3.63, 3.8) is 0 Å². The summed E-state index contributed by atoms with van der Waals surface area (Å²) in [6, 6.07) is 0. The lowest BCUT2D eigenvalue weighted by Crippen LogP contribution is -2.18. The van der Waals surface area contributed by atoms with Crippen LogP contribution < -0.4 is 5.73 Å². The van der Waals surface area contributed by atoms with E-state index in [9.17, 15) is 0 Å². The van der Waals surface area contributed by atoms with Crippen molar-refractivity contribution in [3.05, 3.63) is 11.7 Å². The van der Waals surface area contributed by atoms with Gasteiger partial charge in [0, 0.05) is 23.8 Å². The van der Waals surface area contributed by atoms with Crippen LogP contribution >= 0.6 is 23.5 Å². The van der Waals surface area contributed by atoms with E-state index in [1.54, 1.807) is 0 Å². The van der Waals surface area contributed by atoms with E-state index in [1.165, 1.54) is 11.5 Å². The third kappa shape index (κ3) is 3.17. The molecule has 0 spiro atoms. The van der Waals surface area contributed by atoms with Crippen LogP contribution in [0.25, 0.3) is 0 Å². The molecule has 0 amide bonds. The topological polar surface area (TPSA) is 64.9 Å². The Morgan fingerprint density at radius 1 is 1.47 bits per heavy atom. The van der Waals surface area contributed by atoms with Gasteiger partial charge in [0.25, 0.3) is 0 Å². The molecule has 0 aromatic carbocycles. The van der Waals surface area contributed by atoms with Gasteiger partial charge >= 0.3 is 0 Å². The molecule has 0 radical (unpaired) electrons. The maximum absolute atomic E-state index is 5.76. The molecule has 0 aliphatic carbocycles. The molecule has 1 aromatic rings. The molecule has 0 bridgehead atoms. The van der Waals surface area contributed by atoms with E-state index < -0.39 is 0 Å². The fourth-order valence-corrected chi connectivity index (χ4v) is 4.41. The molecule has 2 N–H and O–H groups in total. The van der Waals surface area contributed by atoms with Gasteiger partial charge in [-0.25, -0.2) is 0 Å². The standard InChI is InChI=1S/C11H19N3OS2/c1-7(2)8(5-12)11-13-10(14-15-11)9-6-16-3-4-17-9/h7-9H,3-6,12H2,1-2H3. The largest absolute Gasteiger partial charge is 0.339 e. The van der Waals surface area contributed by atoms with Gasteiger partial charge in [0.05, 0.1) is 11.2 Å². The summed E-state index contributed by atoms with van der Waals surface area (Å²) < 4.78 is 5.37. The first-order chi connectivity index (χ1) is 8.22. The summed E-state index contributed by atoms with van der Waals surface area (Å²) in [5.74, 6) is 5.63. The lowest BCUT2D eigenvalue weighted by atomic mass is 9.96. The van der Waals surface area contributed by atoms with Crippen LogP contribution in [-0.4, -0.2) is 33.9 Å². The second-order valence-corrected chi connectivity index (χ2v) is 6.97. The predicted octanol–water partition coefficient (Wildman–Crippen LogP) is 2.29. The number of aromatic nitrogens is 2. The summed E-state index contributed by atoms with van der Waals surface area (Å²) >= 11 is 3.88. The van der Waals surface area contributed by atoms with Crippen molar-refractivity contribution in [1.82, 2.24) is 10.1 Å². The van der Waals surface area contributed by atoms with E-state index in [0.717, 1.165) is 11.6 Å². The van der Waals surface area contributed by atoms with Crippen molar-refractivity contribution in [1.29, 1.82) is 0 Å². The Morgan fingerprint density at radius 3 is 2.88 bits per heavy atom. The molecule has 2 rings (SSSR count). The Labute approximate surface area is 110 Å². The second kappa shape index (κ2) is 6.11. The van der Waals surface area contributed by atoms with Gasteiger partial charge in [-0.3, -0.25) is 0 Å². The number of thioether (sulfide) groups is 2. The van der Waals surface area contributed by atoms with Crippen molar-refractivity contribution in [2.45, 2.75) is 25.0 Å². The summed E-state index contributed by atoms with van der Waals surface area (Å²) in [6.07, 6.45) is 0. The molecule has 17 heavy (non-hydrogen) atoms. The summed E-state index contributed by atoms with van der Waals surface area (Å²) in [5, 5.41) is 4.50. The van der Waals surface area contributed by atoms with Crippen LogP contribution in [-0.2, 0) is 0 Å². The fourth-order valence-electron chi connectivity index (χ4n) is 1.82. The van der Waals surface area contributed by atoms with Crippen molar-refractivity contribution in [2.75, 3.05) is 23.8 Å². The predicted molar refractivity (Wildman–Crippen MR) is 73.5 cm³/mol. The van der Waals surface area contributed by atoms with Crippen molar-refractivity contribution >= 4 is 23.5 Å². The molecule has 96 valence electrons. The first-order valence-corrected chi connectivity index (χ1v) is 8.15. The smallest absolute Gasteiger partial charge is 0.231 e. The van der Waals surface area contributed by atoms with E-state index in [2.05, 4.69) is 24.0 Å². The second-order valence-electron chi connectivity index (χ2n) is 4.51. The number of nitrogens with two attached hydrogens (primary N) is 1. The average molecular weight is 273 g/mol. The van der Waals surface area contributed by atoms with Gasteiger partial charge < -0.3 is 10.3 Å². The lowest BCUT2D eigenvalue weighted by Gasteiger charge is -2.17. The maximum Gasteiger partial charge on any atom is 0.231 e. The molecular formula is C11H19N3OS2. The van der Waals surface area contributed by atoms with Crippen LogP contribution in [0, 0.1) is 5.92 Å². The minimum absolute atomic E-state index is 0.178.